The molecule has 3 rings (SSSR count). The Labute approximate surface area is 99.0 Å². The molecule has 0 amide bonds. The first-order chi connectivity index (χ1) is 8.11. The number of aliphatic hydroxyl groups excluding tert-OH is 1. The molecule has 1 atom stereocenters. The normalized spacial score (nSPS) is 30.8. The second-order valence-electron chi connectivity index (χ2n) is 5.02. The van der Waals surface area contributed by atoms with Crippen LogP contribution < -0.4 is 0 Å². The average molecular weight is 234 g/mol. The molecule has 3 aliphatic rings. The third-order valence-electron chi connectivity index (χ3n) is 3.85. The van der Waals surface area contributed by atoms with Crippen LogP contribution in [0.5, 0.6) is 0 Å². The van der Waals surface area contributed by atoms with Gasteiger partial charge < -0.3 is 9.84 Å². The van der Waals surface area contributed by atoms with Crippen molar-refractivity contribution in [3.63, 3.8) is 0 Å². The third kappa shape index (κ3) is 1.55. The minimum atomic E-state index is -0.863. The van der Waals surface area contributed by atoms with E-state index in [1.807, 2.05) is 0 Å². The number of carbonyl (C=O) groups excluding carboxylic acids is 2. The first-order valence-corrected chi connectivity index (χ1v) is 5.99. The lowest BCUT2D eigenvalue weighted by Gasteiger charge is -2.39. The first-order valence-electron chi connectivity index (χ1n) is 5.99. The van der Waals surface area contributed by atoms with Crippen LogP contribution in [-0.4, -0.2) is 28.4 Å². The molecule has 2 aliphatic carbocycles. The molecule has 1 fully saturated rings. The third-order valence-corrected chi connectivity index (χ3v) is 3.85. The van der Waals surface area contributed by atoms with Gasteiger partial charge in [-0.2, -0.15) is 0 Å². The van der Waals surface area contributed by atoms with E-state index in [4.69, 9.17) is 4.74 Å². The van der Waals surface area contributed by atoms with Crippen molar-refractivity contribution in [2.75, 3.05) is 0 Å². The molecule has 4 nitrogen and oxygen atoms in total. The highest BCUT2D eigenvalue weighted by atomic mass is 16.5. The number of carbonyl (C=O) groups is 2. The smallest absolute Gasteiger partial charge is 0.221 e. The zero-order chi connectivity index (χ0) is 12.0. The van der Waals surface area contributed by atoms with Crippen molar-refractivity contribution in [1.29, 1.82) is 0 Å². The summed E-state index contributed by atoms with van der Waals surface area (Å²) in [6.45, 7) is 0. The SMILES string of the molecule is O=C1C=CC(=O)C2=C1OC1(CCCC1)CC2O. The second kappa shape index (κ2) is 3.53. The van der Waals surface area contributed by atoms with Gasteiger partial charge in [-0.25, -0.2) is 0 Å². The molecule has 1 aliphatic heterocycles. The Morgan fingerprint density at radius 2 is 1.82 bits per heavy atom. The van der Waals surface area contributed by atoms with E-state index < -0.39 is 11.7 Å². The lowest BCUT2D eigenvalue weighted by atomic mass is 9.84. The van der Waals surface area contributed by atoms with Gasteiger partial charge in [0.05, 0.1) is 11.7 Å². The molecule has 0 aromatic heterocycles. The van der Waals surface area contributed by atoms with Crippen LogP contribution in [0.25, 0.3) is 0 Å². The molecule has 0 saturated heterocycles. The molecule has 0 bridgehead atoms. The number of allylic oxidation sites excluding steroid dienone is 2. The van der Waals surface area contributed by atoms with Crippen molar-refractivity contribution in [3.05, 3.63) is 23.5 Å². The van der Waals surface area contributed by atoms with Crippen molar-refractivity contribution in [1.82, 2.24) is 0 Å². The molecule has 4 heteroatoms. The second-order valence-corrected chi connectivity index (χ2v) is 5.02. The van der Waals surface area contributed by atoms with Crippen LogP contribution in [0.2, 0.25) is 0 Å². The van der Waals surface area contributed by atoms with Gasteiger partial charge in [-0.1, -0.05) is 0 Å². The van der Waals surface area contributed by atoms with E-state index in [0.29, 0.717) is 6.42 Å². The molecule has 0 aromatic rings. The molecular formula is C13H14O4. The summed E-state index contributed by atoms with van der Waals surface area (Å²) in [6, 6.07) is 0. The van der Waals surface area contributed by atoms with E-state index in [1.165, 1.54) is 12.2 Å². The van der Waals surface area contributed by atoms with E-state index >= 15 is 0 Å². The Hall–Kier alpha value is -1.42. The summed E-state index contributed by atoms with van der Waals surface area (Å²) in [7, 11) is 0. The standard InChI is InChI=1S/C13H14O4/c14-8-3-4-9(15)12-11(8)10(16)7-13(17-12)5-1-2-6-13/h3-4,10,16H,1-2,5-7H2. The van der Waals surface area contributed by atoms with Crippen molar-refractivity contribution in [3.8, 4) is 0 Å². The Morgan fingerprint density at radius 3 is 2.53 bits per heavy atom. The largest absolute Gasteiger partial charge is 0.483 e. The highest BCUT2D eigenvalue weighted by molar-refractivity contribution is 6.19. The molecule has 0 aromatic carbocycles. The fourth-order valence-corrected chi connectivity index (χ4v) is 3.02. The van der Waals surface area contributed by atoms with Crippen LogP contribution in [0.1, 0.15) is 32.1 Å². The average Bonchev–Trinajstić information content (AvgIpc) is 2.71. The quantitative estimate of drug-likeness (QED) is 0.636. The lowest BCUT2D eigenvalue weighted by Crippen LogP contribution is -2.43. The minimum absolute atomic E-state index is 0.0816. The predicted molar refractivity (Wildman–Crippen MR) is 59.1 cm³/mol. The molecule has 0 radical (unpaired) electrons. The van der Waals surface area contributed by atoms with Gasteiger partial charge in [0.15, 0.2) is 11.5 Å². The monoisotopic (exact) mass is 234 g/mol. The number of rotatable bonds is 0. The maximum atomic E-state index is 11.7. The molecular weight excluding hydrogens is 220 g/mol. The summed E-state index contributed by atoms with van der Waals surface area (Å²) in [5.74, 6) is -0.525. The van der Waals surface area contributed by atoms with E-state index in [9.17, 15) is 14.7 Å². The van der Waals surface area contributed by atoms with Gasteiger partial charge >= 0.3 is 0 Å². The van der Waals surface area contributed by atoms with Crippen LogP contribution in [0.15, 0.2) is 23.5 Å². The Balaban J connectivity index is 2.02. The molecule has 90 valence electrons. The fourth-order valence-electron chi connectivity index (χ4n) is 3.02. The van der Waals surface area contributed by atoms with E-state index in [0.717, 1.165) is 25.7 Å². The van der Waals surface area contributed by atoms with Crippen molar-refractivity contribution >= 4 is 11.6 Å². The van der Waals surface area contributed by atoms with Crippen LogP contribution >= 0.6 is 0 Å². The van der Waals surface area contributed by atoms with Crippen LogP contribution in [0.4, 0.5) is 0 Å². The van der Waals surface area contributed by atoms with Gasteiger partial charge in [-0.15, -0.1) is 0 Å². The maximum Gasteiger partial charge on any atom is 0.221 e. The molecule has 1 unspecified atom stereocenters. The highest BCUT2D eigenvalue weighted by Gasteiger charge is 2.46. The van der Waals surface area contributed by atoms with Crippen molar-refractivity contribution in [2.24, 2.45) is 0 Å². The summed E-state index contributed by atoms with van der Waals surface area (Å²) in [5.41, 5.74) is -0.269. The number of ether oxygens (including phenoxy) is 1. The highest BCUT2D eigenvalue weighted by Crippen LogP contribution is 2.44. The minimum Gasteiger partial charge on any atom is -0.483 e. The summed E-state index contributed by atoms with van der Waals surface area (Å²) in [5, 5.41) is 10.1. The van der Waals surface area contributed by atoms with E-state index in [-0.39, 0.29) is 22.9 Å². The first kappa shape index (κ1) is 10.7. The summed E-state index contributed by atoms with van der Waals surface area (Å²) in [6.07, 6.45) is 5.80. The van der Waals surface area contributed by atoms with Gasteiger partial charge in [0.1, 0.15) is 5.60 Å². The van der Waals surface area contributed by atoms with E-state index in [2.05, 4.69) is 0 Å². The van der Waals surface area contributed by atoms with E-state index in [1.54, 1.807) is 0 Å². The zero-order valence-electron chi connectivity index (χ0n) is 9.44. The predicted octanol–water partition coefficient (Wildman–Crippen LogP) is 1.04. The maximum absolute atomic E-state index is 11.7. The van der Waals surface area contributed by atoms with Gasteiger partial charge in [-0.3, -0.25) is 9.59 Å². The van der Waals surface area contributed by atoms with Crippen LogP contribution in [0.3, 0.4) is 0 Å². The summed E-state index contributed by atoms with van der Waals surface area (Å²) in [4.78, 5) is 23.4. The molecule has 1 spiro atoms. The summed E-state index contributed by atoms with van der Waals surface area (Å²) >= 11 is 0. The van der Waals surface area contributed by atoms with Crippen LogP contribution in [-0.2, 0) is 14.3 Å². The molecule has 1 saturated carbocycles. The molecule has 1 heterocycles. The van der Waals surface area contributed by atoms with Crippen molar-refractivity contribution < 1.29 is 19.4 Å². The van der Waals surface area contributed by atoms with Gasteiger partial charge in [0.2, 0.25) is 5.78 Å². The van der Waals surface area contributed by atoms with Gasteiger partial charge in [0.25, 0.3) is 0 Å². The summed E-state index contributed by atoms with van der Waals surface area (Å²) < 4.78 is 5.79. The fraction of sp³-hybridized carbons (Fsp3) is 0.538. The number of ketones is 2. The lowest BCUT2D eigenvalue weighted by molar-refractivity contribution is -0.127. The van der Waals surface area contributed by atoms with Crippen molar-refractivity contribution in [2.45, 2.75) is 43.8 Å². The number of aliphatic hydroxyl groups is 1. The zero-order valence-corrected chi connectivity index (χ0v) is 9.44. The van der Waals surface area contributed by atoms with Crippen LogP contribution in [0, 0.1) is 0 Å². The topological polar surface area (TPSA) is 63.6 Å². The van der Waals surface area contributed by atoms with Gasteiger partial charge in [-0.05, 0) is 37.8 Å². The Morgan fingerprint density at radius 1 is 1.18 bits per heavy atom. The Kier molecular flexibility index (Phi) is 2.23. The number of hydrogen-bond donors (Lipinski definition) is 1. The number of hydrogen-bond acceptors (Lipinski definition) is 4. The van der Waals surface area contributed by atoms with Gasteiger partial charge in [0, 0.05) is 6.42 Å². The molecule has 1 N–H and O–H groups in total. The molecule has 17 heavy (non-hydrogen) atoms. The Bertz CT molecular complexity index is 452.